The predicted molar refractivity (Wildman–Crippen MR) is 256 cm³/mol. The summed E-state index contributed by atoms with van der Waals surface area (Å²) in [6.07, 6.45) is 60.2. The molecule has 60 heavy (non-hydrogen) atoms. The molecule has 0 saturated heterocycles. The van der Waals surface area contributed by atoms with E-state index in [1.807, 2.05) is 0 Å². The van der Waals surface area contributed by atoms with Crippen LogP contribution in [-0.2, 0) is 28.6 Å². The van der Waals surface area contributed by atoms with Gasteiger partial charge in [0.15, 0.2) is 6.10 Å². The Morgan fingerprint density at radius 3 is 1.10 bits per heavy atom. The van der Waals surface area contributed by atoms with Crippen LogP contribution in [0.2, 0.25) is 0 Å². The molecule has 344 valence electrons. The van der Waals surface area contributed by atoms with Gasteiger partial charge in [-0.3, -0.25) is 14.4 Å². The lowest BCUT2D eigenvalue weighted by Gasteiger charge is -2.18. The summed E-state index contributed by atoms with van der Waals surface area (Å²) in [5, 5.41) is 0. The Morgan fingerprint density at radius 1 is 0.350 bits per heavy atom. The van der Waals surface area contributed by atoms with Gasteiger partial charge in [0.05, 0.1) is 0 Å². The van der Waals surface area contributed by atoms with Gasteiger partial charge in [-0.1, -0.05) is 203 Å². The van der Waals surface area contributed by atoms with Crippen molar-refractivity contribution in [3.05, 3.63) is 72.9 Å². The molecular weight excluding hydrogens is 745 g/mol. The summed E-state index contributed by atoms with van der Waals surface area (Å²) in [5.74, 6) is -0.932. The summed E-state index contributed by atoms with van der Waals surface area (Å²) in [6.45, 7) is 6.44. The first kappa shape index (κ1) is 56.9. The Balaban J connectivity index is 4.41. The summed E-state index contributed by atoms with van der Waals surface area (Å²) in [6, 6.07) is 0. The van der Waals surface area contributed by atoms with Crippen LogP contribution in [-0.4, -0.2) is 37.2 Å². The Kier molecular flexibility index (Phi) is 46.0. The van der Waals surface area contributed by atoms with Crippen LogP contribution in [0.3, 0.4) is 0 Å². The van der Waals surface area contributed by atoms with E-state index in [0.29, 0.717) is 19.3 Å². The summed E-state index contributed by atoms with van der Waals surface area (Å²) < 4.78 is 16.7. The average Bonchev–Trinajstić information content (AvgIpc) is 3.24. The van der Waals surface area contributed by atoms with Crippen molar-refractivity contribution in [2.75, 3.05) is 13.2 Å². The SMILES string of the molecule is CC/C=C\C/C=C\C/C=C\C/C=C\C/C=C\CCCCCC(=O)OC[C@@H](COC(=O)CCCCCCC/C=C\CCCC)OC(=O)CCCCCCCCCCCCCC. The third-order valence-corrected chi connectivity index (χ3v) is 10.4. The first-order chi connectivity index (χ1) is 29.5. The lowest BCUT2D eigenvalue weighted by atomic mass is 10.0. The maximum absolute atomic E-state index is 12.7. The molecule has 0 spiro atoms. The molecule has 0 amide bonds. The lowest BCUT2D eigenvalue weighted by Crippen LogP contribution is -2.30. The first-order valence-corrected chi connectivity index (χ1v) is 24.9. The lowest BCUT2D eigenvalue weighted by molar-refractivity contribution is -0.167. The molecule has 1 atom stereocenters. The van der Waals surface area contributed by atoms with E-state index in [1.54, 1.807) is 0 Å². The van der Waals surface area contributed by atoms with Crippen molar-refractivity contribution in [2.24, 2.45) is 0 Å². The summed E-state index contributed by atoms with van der Waals surface area (Å²) in [7, 11) is 0. The monoisotopic (exact) mass is 837 g/mol. The van der Waals surface area contributed by atoms with Crippen LogP contribution >= 0.6 is 0 Å². The van der Waals surface area contributed by atoms with Gasteiger partial charge in [0, 0.05) is 19.3 Å². The molecular formula is C54H92O6. The molecule has 0 saturated carbocycles. The molecule has 0 aliphatic heterocycles. The highest BCUT2D eigenvalue weighted by Gasteiger charge is 2.19. The highest BCUT2D eigenvalue weighted by molar-refractivity contribution is 5.71. The smallest absolute Gasteiger partial charge is 0.306 e. The van der Waals surface area contributed by atoms with E-state index in [2.05, 4.69) is 93.7 Å². The van der Waals surface area contributed by atoms with Crippen LogP contribution in [0, 0.1) is 0 Å². The van der Waals surface area contributed by atoms with Crippen molar-refractivity contribution in [3.63, 3.8) is 0 Å². The maximum atomic E-state index is 12.7. The molecule has 0 fully saturated rings. The van der Waals surface area contributed by atoms with Gasteiger partial charge >= 0.3 is 17.9 Å². The van der Waals surface area contributed by atoms with Crippen molar-refractivity contribution >= 4 is 17.9 Å². The van der Waals surface area contributed by atoms with Crippen molar-refractivity contribution in [2.45, 2.75) is 239 Å². The number of rotatable bonds is 44. The molecule has 0 aromatic heterocycles. The van der Waals surface area contributed by atoms with E-state index in [1.165, 1.54) is 89.9 Å². The molecule has 0 aliphatic rings. The maximum Gasteiger partial charge on any atom is 0.306 e. The third kappa shape index (κ3) is 45.9. The minimum atomic E-state index is -0.788. The van der Waals surface area contributed by atoms with Gasteiger partial charge in [-0.2, -0.15) is 0 Å². The topological polar surface area (TPSA) is 78.9 Å². The third-order valence-electron chi connectivity index (χ3n) is 10.4. The van der Waals surface area contributed by atoms with Crippen LogP contribution in [0.4, 0.5) is 0 Å². The van der Waals surface area contributed by atoms with Crippen LogP contribution in [0.25, 0.3) is 0 Å². The average molecular weight is 837 g/mol. The fourth-order valence-corrected chi connectivity index (χ4v) is 6.68. The number of allylic oxidation sites excluding steroid dienone is 12. The fourth-order valence-electron chi connectivity index (χ4n) is 6.68. The second kappa shape index (κ2) is 48.5. The second-order valence-corrected chi connectivity index (χ2v) is 16.3. The Labute approximate surface area is 370 Å². The van der Waals surface area contributed by atoms with Gasteiger partial charge in [0.2, 0.25) is 0 Å². The molecule has 0 aromatic carbocycles. The summed E-state index contributed by atoms with van der Waals surface area (Å²) >= 11 is 0. The molecule has 0 aromatic rings. The normalized spacial score (nSPS) is 12.7. The van der Waals surface area contributed by atoms with Crippen LogP contribution in [0.5, 0.6) is 0 Å². The second-order valence-electron chi connectivity index (χ2n) is 16.3. The number of ether oxygens (including phenoxy) is 3. The quantitative estimate of drug-likeness (QED) is 0.0263. The van der Waals surface area contributed by atoms with E-state index in [4.69, 9.17) is 14.2 Å². The zero-order valence-electron chi connectivity index (χ0n) is 39.2. The molecule has 0 N–H and O–H groups in total. The van der Waals surface area contributed by atoms with Gasteiger partial charge in [-0.25, -0.2) is 0 Å². The highest BCUT2D eigenvalue weighted by atomic mass is 16.6. The van der Waals surface area contributed by atoms with Crippen molar-refractivity contribution in [3.8, 4) is 0 Å². The van der Waals surface area contributed by atoms with E-state index < -0.39 is 6.10 Å². The van der Waals surface area contributed by atoms with Crippen LogP contribution < -0.4 is 0 Å². The predicted octanol–water partition coefficient (Wildman–Crippen LogP) is 16.3. The number of hydrogen-bond acceptors (Lipinski definition) is 6. The van der Waals surface area contributed by atoms with Gasteiger partial charge in [0.1, 0.15) is 13.2 Å². The van der Waals surface area contributed by atoms with E-state index in [9.17, 15) is 14.4 Å². The largest absolute Gasteiger partial charge is 0.462 e. The van der Waals surface area contributed by atoms with Crippen molar-refractivity contribution in [1.82, 2.24) is 0 Å². The zero-order valence-corrected chi connectivity index (χ0v) is 39.2. The van der Waals surface area contributed by atoms with E-state index >= 15 is 0 Å². The molecule has 6 heteroatoms. The van der Waals surface area contributed by atoms with E-state index in [0.717, 1.165) is 103 Å². The summed E-state index contributed by atoms with van der Waals surface area (Å²) in [4.78, 5) is 37.9. The molecule has 0 radical (unpaired) electrons. The summed E-state index contributed by atoms with van der Waals surface area (Å²) in [5.41, 5.74) is 0. The number of hydrogen-bond donors (Lipinski definition) is 0. The number of carbonyl (C=O) groups excluding carboxylic acids is 3. The Hall–Kier alpha value is -3.15. The Morgan fingerprint density at radius 2 is 0.667 bits per heavy atom. The Bertz CT molecular complexity index is 1140. The van der Waals surface area contributed by atoms with E-state index in [-0.39, 0.29) is 31.1 Å². The number of esters is 3. The number of unbranched alkanes of at least 4 members (excludes halogenated alkanes) is 21. The molecule has 0 bridgehead atoms. The van der Waals surface area contributed by atoms with Crippen molar-refractivity contribution in [1.29, 1.82) is 0 Å². The van der Waals surface area contributed by atoms with Crippen LogP contribution in [0.15, 0.2) is 72.9 Å². The van der Waals surface area contributed by atoms with Crippen LogP contribution in [0.1, 0.15) is 233 Å². The fraction of sp³-hybridized carbons (Fsp3) is 0.722. The van der Waals surface area contributed by atoms with Gasteiger partial charge in [-0.05, 0) is 83.5 Å². The molecule has 6 nitrogen and oxygen atoms in total. The van der Waals surface area contributed by atoms with Gasteiger partial charge < -0.3 is 14.2 Å². The molecule has 0 heterocycles. The minimum Gasteiger partial charge on any atom is -0.462 e. The van der Waals surface area contributed by atoms with Crippen molar-refractivity contribution < 1.29 is 28.6 Å². The standard InChI is InChI=1S/C54H92O6/c1-4-7-10-13-16-19-22-24-25-26-27-28-29-30-33-35-38-41-44-47-53(56)59-50-51(49-58-52(55)46-43-40-37-34-31-21-18-15-12-9-6-3)60-54(57)48-45-42-39-36-32-23-20-17-14-11-8-5-2/h7,10,15-16,18-19,24-25,27-28,30,33,51H,4-6,8-9,11-14,17,20-23,26,29,31-32,34-50H2,1-3H3/b10-7-,18-15-,19-16-,25-24-,28-27-,33-30-/t51-/m1/s1. The molecule has 0 rings (SSSR count). The molecule has 0 unspecified atom stereocenters. The first-order valence-electron chi connectivity index (χ1n) is 24.9. The van der Waals surface area contributed by atoms with Gasteiger partial charge in [-0.15, -0.1) is 0 Å². The zero-order chi connectivity index (χ0) is 43.7. The molecule has 0 aliphatic carbocycles. The number of carbonyl (C=O) groups is 3. The highest BCUT2D eigenvalue weighted by Crippen LogP contribution is 2.14. The minimum absolute atomic E-state index is 0.0894. The van der Waals surface area contributed by atoms with Gasteiger partial charge in [0.25, 0.3) is 0 Å².